The summed E-state index contributed by atoms with van der Waals surface area (Å²) in [6.07, 6.45) is 4.89. The van der Waals surface area contributed by atoms with Gasteiger partial charge in [0, 0.05) is 25.3 Å². The van der Waals surface area contributed by atoms with Crippen LogP contribution in [-0.2, 0) is 6.54 Å². The summed E-state index contributed by atoms with van der Waals surface area (Å²) in [6.45, 7) is 2.90. The predicted molar refractivity (Wildman–Crippen MR) is 60.1 cm³/mol. The van der Waals surface area contributed by atoms with Gasteiger partial charge >= 0.3 is 0 Å². The van der Waals surface area contributed by atoms with E-state index in [0.717, 1.165) is 6.54 Å². The Balaban J connectivity index is 2.07. The zero-order valence-electron chi connectivity index (χ0n) is 8.45. The van der Waals surface area contributed by atoms with Gasteiger partial charge in [0.2, 0.25) is 0 Å². The van der Waals surface area contributed by atoms with E-state index in [0.29, 0.717) is 6.54 Å². The van der Waals surface area contributed by atoms with Crippen LogP contribution in [0.1, 0.15) is 18.4 Å². The van der Waals surface area contributed by atoms with Crippen LogP contribution in [-0.4, -0.2) is 13.1 Å². The smallest absolute Gasteiger partial charge is 0.0366 e. The molecule has 1 aromatic carbocycles. The second-order valence-electron chi connectivity index (χ2n) is 3.75. The Hall–Kier alpha value is -1.02. The van der Waals surface area contributed by atoms with Gasteiger partial charge in [0.25, 0.3) is 0 Å². The first-order valence-corrected chi connectivity index (χ1v) is 5.26. The molecule has 1 aliphatic heterocycles. The second-order valence-corrected chi connectivity index (χ2v) is 3.75. The van der Waals surface area contributed by atoms with Crippen LogP contribution in [0.15, 0.2) is 24.3 Å². The number of hydrogen-bond donors (Lipinski definition) is 1. The van der Waals surface area contributed by atoms with E-state index in [9.17, 15) is 0 Å². The fraction of sp³-hybridized carbons (Fsp3) is 0.417. The first-order chi connectivity index (χ1) is 6.90. The molecule has 0 unspecified atom stereocenters. The minimum absolute atomic E-state index is 0.631. The van der Waals surface area contributed by atoms with E-state index < -0.39 is 0 Å². The number of piperidine rings is 1. The number of anilines is 1. The van der Waals surface area contributed by atoms with Gasteiger partial charge in [0.1, 0.15) is 0 Å². The van der Waals surface area contributed by atoms with Crippen molar-refractivity contribution >= 4 is 5.69 Å². The van der Waals surface area contributed by atoms with Crippen LogP contribution in [0, 0.1) is 6.42 Å². The van der Waals surface area contributed by atoms with E-state index in [1.54, 1.807) is 0 Å². The Morgan fingerprint density at radius 3 is 2.57 bits per heavy atom. The lowest BCUT2D eigenvalue weighted by Gasteiger charge is -2.28. The van der Waals surface area contributed by atoms with E-state index in [2.05, 4.69) is 35.6 Å². The Morgan fingerprint density at radius 2 is 2.00 bits per heavy atom. The van der Waals surface area contributed by atoms with Gasteiger partial charge in [-0.2, -0.15) is 0 Å². The van der Waals surface area contributed by atoms with Crippen LogP contribution in [0.3, 0.4) is 0 Å². The van der Waals surface area contributed by atoms with Gasteiger partial charge in [0.15, 0.2) is 0 Å². The maximum absolute atomic E-state index is 5.56. The molecule has 0 amide bonds. The van der Waals surface area contributed by atoms with Crippen LogP contribution < -0.4 is 10.6 Å². The number of benzene rings is 1. The summed E-state index contributed by atoms with van der Waals surface area (Å²) in [4.78, 5) is 2.41. The molecule has 0 aliphatic carbocycles. The average Bonchev–Trinajstić information content (AvgIpc) is 2.30. The van der Waals surface area contributed by atoms with Gasteiger partial charge in [-0.25, -0.2) is 0 Å². The van der Waals surface area contributed by atoms with Gasteiger partial charge in [-0.05, 0) is 37.0 Å². The molecule has 1 aliphatic rings. The standard InChI is InChI=1S/C12H17N2/c13-10-11-4-6-12(7-5-11)14-8-2-1-3-9-14/h2,4-7H,1,3,8-10,13H2. The van der Waals surface area contributed by atoms with Crippen molar-refractivity contribution in [3.8, 4) is 0 Å². The van der Waals surface area contributed by atoms with E-state index in [1.165, 1.54) is 30.6 Å². The Labute approximate surface area is 85.7 Å². The quantitative estimate of drug-likeness (QED) is 0.770. The number of nitrogens with zero attached hydrogens (tertiary/aromatic N) is 1. The topological polar surface area (TPSA) is 29.3 Å². The molecule has 0 atom stereocenters. The molecule has 0 aromatic heterocycles. The van der Waals surface area contributed by atoms with Crippen molar-refractivity contribution in [1.29, 1.82) is 0 Å². The Kier molecular flexibility index (Phi) is 3.04. The maximum Gasteiger partial charge on any atom is 0.0366 e. The first kappa shape index (κ1) is 9.53. The lowest BCUT2D eigenvalue weighted by molar-refractivity contribution is 0.671. The summed E-state index contributed by atoms with van der Waals surface area (Å²) in [5.74, 6) is 0. The van der Waals surface area contributed by atoms with Gasteiger partial charge < -0.3 is 10.6 Å². The van der Waals surface area contributed by atoms with E-state index in [-0.39, 0.29) is 0 Å². The normalized spacial score (nSPS) is 17.1. The highest BCUT2D eigenvalue weighted by Gasteiger charge is 2.10. The molecular formula is C12H17N2. The first-order valence-electron chi connectivity index (χ1n) is 5.26. The largest absolute Gasteiger partial charge is 0.371 e. The van der Waals surface area contributed by atoms with E-state index in [4.69, 9.17) is 5.73 Å². The molecular weight excluding hydrogens is 172 g/mol. The van der Waals surface area contributed by atoms with Crippen molar-refractivity contribution in [3.63, 3.8) is 0 Å². The highest BCUT2D eigenvalue weighted by molar-refractivity contribution is 5.48. The van der Waals surface area contributed by atoms with Crippen LogP contribution in [0.4, 0.5) is 5.69 Å². The molecule has 2 nitrogen and oxygen atoms in total. The minimum atomic E-state index is 0.631. The summed E-state index contributed by atoms with van der Waals surface area (Å²) in [5.41, 5.74) is 8.08. The van der Waals surface area contributed by atoms with Crippen molar-refractivity contribution in [2.45, 2.75) is 19.4 Å². The molecule has 1 saturated heterocycles. The lowest BCUT2D eigenvalue weighted by atomic mass is 10.1. The van der Waals surface area contributed by atoms with Gasteiger partial charge in [-0.15, -0.1) is 0 Å². The summed E-state index contributed by atoms with van der Waals surface area (Å²) >= 11 is 0. The van der Waals surface area contributed by atoms with Crippen molar-refractivity contribution in [2.75, 3.05) is 18.0 Å². The molecule has 2 N–H and O–H groups in total. The third-order valence-corrected chi connectivity index (χ3v) is 2.72. The van der Waals surface area contributed by atoms with Crippen LogP contribution >= 0.6 is 0 Å². The number of rotatable bonds is 2. The maximum atomic E-state index is 5.56. The number of hydrogen-bond acceptors (Lipinski definition) is 2. The highest BCUT2D eigenvalue weighted by Crippen LogP contribution is 2.19. The summed E-state index contributed by atoms with van der Waals surface area (Å²) < 4.78 is 0. The molecule has 0 bridgehead atoms. The average molecular weight is 189 g/mol. The SMILES string of the molecule is NCc1ccc(N2C[CH]CCC2)cc1. The van der Waals surface area contributed by atoms with Crippen molar-refractivity contribution < 1.29 is 0 Å². The van der Waals surface area contributed by atoms with Crippen LogP contribution in [0.25, 0.3) is 0 Å². The molecule has 2 heteroatoms. The zero-order valence-corrected chi connectivity index (χ0v) is 8.45. The van der Waals surface area contributed by atoms with Crippen molar-refractivity contribution in [1.82, 2.24) is 0 Å². The van der Waals surface area contributed by atoms with E-state index in [1.807, 2.05) is 0 Å². The van der Waals surface area contributed by atoms with Crippen molar-refractivity contribution in [2.24, 2.45) is 5.73 Å². The third-order valence-electron chi connectivity index (χ3n) is 2.72. The fourth-order valence-corrected chi connectivity index (χ4v) is 1.84. The Bertz CT molecular complexity index is 273. The van der Waals surface area contributed by atoms with E-state index >= 15 is 0 Å². The van der Waals surface area contributed by atoms with Gasteiger partial charge in [-0.3, -0.25) is 0 Å². The summed E-state index contributed by atoms with van der Waals surface area (Å²) in [7, 11) is 0. The van der Waals surface area contributed by atoms with Crippen molar-refractivity contribution in [3.05, 3.63) is 36.2 Å². The predicted octanol–water partition coefficient (Wildman–Crippen LogP) is 1.95. The molecule has 0 spiro atoms. The third kappa shape index (κ3) is 2.07. The molecule has 0 saturated carbocycles. The number of nitrogens with two attached hydrogens (primary N) is 1. The van der Waals surface area contributed by atoms with Gasteiger partial charge in [0.05, 0.1) is 0 Å². The van der Waals surface area contributed by atoms with Crippen LogP contribution in [0.2, 0.25) is 0 Å². The zero-order chi connectivity index (χ0) is 9.80. The van der Waals surface area contributed by atoms with Crippen LogP contribution in [0.5, 0.6) is 0 Å². The summed E-state index contributed by atoms with van der Waals surface area (Å²) in [5, 5.41) is 0. The Morgan fingerprint density at radius 1 is 1.21 bits per heavy atom. The fourth-order valence-electron chi connectivity index (χ4n) is 1.84. The molecule has 14 heavy (non-hydrogen) atoms. The molecule has 1 radical (unpaired) electrons. The molecule has 2 rings (SSSR count). The molecule has 1 fully saturated rings. The monoisotopic (exact) mass is 189 g/mol. The lowest BCUT2D eigenvalue weighted by Crippen LogP contribution is -2.29. The molecule has 75 valence electrons. The summed E-state index contributed by atoms with van der Waals surface area (Å²) in [6, 6.07) is 8.57. The van der Waals surface area contributed by atoms with Gasteiger partial charge in [-0.1, -0.05) is 12.1 Å². The molecule has 1 heterocycles. The second kappa shape index (κ2) is 4.47. The molecule has 1 aromatic rings. The highest BCUT2D eigenvalue weighted by atomic mass is 15.1. The minimum Gasteiger partial charge on any atom is -0.371 e.